The molecular formula is C25H31FN2O3. The number of piperidine rings is 1. The Morgan fingerprint density at radius 1 is 1.16 bits per heavy atom. The van der Waals surface area contributed by atoms with E-state index >= 15 is 0 Å². The average Bonchev–Trinajstić information content (AvgIpc) is 2.97. The molecule has 2 heterocycles. The number of rotatable bonds is 5. The van der Waals surface area contributed by atoms with Gasteiger partial charge < -0.3 is 14.7 Å². The van der Waals surface area contributed by atoms with Gasteiger partial charge in [-0.3, -0.25) is 9.69 Å². The van der Waals surface area contributed by atoms with E-state index in [9.17, 15) is 14.3 Å². The summed E-state index contributed by atoms with van der Waals surface area (Å²) < 4.78 is 20.7. The predicted molar refractivity (Wildman–Crippen MR) is 117 cm³/mol. The third kappa shape index (κ3) is 5.08. The highest BCUT2D eigenvalue weighted by Gasteiger charge is 2.30. The lowest BCUT2D eigenvalue weighted by Gasteiger charge is -2.35. The molecular weight excluding hydrogens is 395 g/mol. The highest BCUT2D eigenvalue weighted by Crippen LogP contribution is 2.32. The van der Waals surface area contributed by atoms with Crippen LogP contribution >= 0.6 is 0 Å². The van der Waals surface area contributed by atoms with E-state index in [-0.39, 0.29) is 30.3 Å². The number of carbonyl (C=O) groups excluding carboxylic acids is 1. The second-order valence-corrected chi connectivity index (χ2v) is 8.60. The Morgan fingerprint density at radius 2 is 1.87 bits per heavy atom. The Labute approximate surface area is 183 Å². The van der Waals surface area contributed by atoms with Crippen LogP contribution in [0.5, 0.6) is 5.75 Å². The second-order valence-electron chi connectivity index (χ2n) is 8.60. The minimum absolute atomic E-state index is 0.0797. The highest BCUT2D eigenvalue weighted by atomic mass is 19.1. The Morgan fingerprint density at radius 3 is 2.61 bits per heavy atom. The van der Waals surface area contributed by atoms with Crippen LogP contribution in [0.2, 0.25) is 0 Å². The number of likely N-dealkylation sites (tertiary alicyclic amines) is 1. The fourth-order valence-corrected chi connectivity index (χ4v) is 4.66. The molecule has 0 aromatic heterocycles. The molecule has 0 spiro atoms. The summed E-state index contributed by atoms with van der Waals surface area (Å²) >= 11 is 0. The molecule has 2 aliphatic heterocycles. The summed E-state index contributed by atoms with van der Waals surface area (Å²) in [4.78, 5) is 17.0. The molecule has 2 aliphatic rings. The van der Waals surface area contributed by atoms with Gasteiger partial charge in [0.05, 0.1) is 12.6 Å². The molecule has 2 atom stereocenters. The number of carbonyl (C=O) groups is 1. The van der Waals surface area contributed by atoms with Crippen LogP contribution in [0.3, 0.4) is 0 Å². The molecule has 0 radical (unpaired) electrons. The number of nitrogens with zero attached hydrogens (tertiary/aromatic N) is 2. The van der Waals surface area contributed by atoms with Crippen molar-refractivity contribution in [1.82, 2.24) is 9.80 Å². The fourth-order valence-electron chi connectivity index (χ4n) is 4.66. The van der Waals surface area contributed by atoms with Crippen molar-refractivity contribution in [2.45, 2.75) is 44.9 Å². The zero-order chi connectivity index (χ0) is 21.8. The molecule has 166 valence electrons. The number of hydrogen-bond acceptors (Lipinski definition) is 4. The second kappa shape index (κ2) is 9.79. The van der Waals surface area contributed by atoms with Crippen molar-refractivity contribution >= 4 is 5.91 Å². The van der Waals surface area contributed by atoms with Crippen molar-refractivity contribution in [1.29, 1.82) is 0 Å². The summed E-state index contributed by atoms with van der Waals surface area (Å²) in [6.45, 7) is 4.64. The highest BCUT2D eigenvalue weighted by molar-refractivity contribution is 5.78. The van der Waals surface area contributed by atoms with Gasteiger partial charge in [-0.2, -0.15) is 0 Å². The largest absolute Gasteiger partial charge is 0.484 e. The van der Waals surface area contributed by atoms with Crippen molar-refractivity contribution < 1.29 is 19.0 Å². The number of fused-ring (bicyclic) bond motifs is 1. The number of para-hydroxylation sites is 1. The van der Waals surface area contributed by atoms with Crippen LogP contribution in [0.15, 0.2) is 48.5 Å². The van der Waals surface area contributed by atoms with Crippen molar-refractivity contribution in [3.05, 3.63) is 65.5 Å². The normalized spacial score (nSPS) is 21.1. The first kappa shape index (κ1) is 21.8. The molecule has 0 aliphatic carbocycles. The van der Waals surface area contributed by atoms with Gasteiger partial charge in [0.1, 0.15) is 17.7 Å². The number of ether oxygens (including phenoxy) is 1. The lowest BCUT2D eigenvalue weighted by Crippen LogP contribution is -2.46. The molecule has 0 bridgehead atoms. The summed E-state index contributed by atoms with van der Waals surface area (Å²) in [5.41, 5.74) is 1.50. The maximum atomic E-state index is 14.5. The van der Waals surface area contributed by atoms with E-state index in [0.29, 0.717) is 31.7 Å². The van der Waals surface area contributed by atoms with Gasteiger partial charge >= 0.3 is 0 Å². The third-order valence-corrected chi connectivity index (χ3v) is 6.53. The Hall–Kier alpha value is -2.44. The Balaban J connectivity index is 1.47. The smallest absolute Gasteiger partial charge is 0.236 e. The molecule has 2 aromatic rings. The molecule has 1 N–H and O–H groups in total. The summed E-state index contributed by atoms with van der Waals surface area (Å²) in [5.74, 6) is 0.795. The quantitative estimate of drug-likeness (QED) is 0.791. The topological polar surface area (TPSA) is 53.0 Å². The van der Waals surface area contributed by atoms with E-state index in [2.05, 4.69) is 4.90 Å². The summed E-state index contributed by atoms with van der Waals surface area (Å²) in [5, 5.41) is 10.1. The van der Waals surface area contributed by atoms with Crippen molar-refractivity contribution in [3.8, 4) is 5.75 Å². The maximum Gasteiger partial charge on any atom is 0.236 e. The summed E-state index contributed by atoms with van der Waals surface area (Å²) in [7, 11) is 0. The van der Waals surface area contributed by atoms with Crippen LogP contribution in [0.25, 0.3) is 0 Å². The van der Waals surface area contributed by atoms with Gasteiger partial charge in [0.15, 0.2) is 0 Å². The lowest BCUT2D eigenvalue weighted by atomic mass is 9.90. The van der Waals surface area contributed by atoms with Crippen LogP contribution in [-0.2, 0) is 11.3 Å². The van der Waals surface area contributed by atoms with E-state index in [4.69, 9.17) is 4.74 Å². The standard InChI is InChI=1S/C25H31FN2O3/c1-2-22(29)18-11-13-28(14-12-18)25(30)17-27-15-19-7-3-6-10-23(19)31-24(16-27)20-8-4-5-9-21(20)26/h3-10,18,22,24,29H,2,11-17H2,1H3. The number of benzene rings is 2. The summed E-state index contributed by atoms with van der Waals surface area (Å²) in [6.07, 6.45) is 1.67. The average molecular weight is 427 g/mol. The van der Waals surface area contributed by atoms with Gasteiger partial charge in [-0.15, -0.1) is 0 Å². The van der Waals surface area contributed by atoms with Crippen molar-refractivity contribution in [3.63, 3.8) is 0 Å². The number of aliphatic hydroxyl groups is 1. The van der Waals surface area contributed by atoms with Gasteiger partial charge in [0.25, 0.3) is 0 Å². The van der Waals surface area contributed by atoms with Crippen LogP contribution in [0, 0.1) is 11.7 Å². The SMILES string of the molecule is CCC(O)C1CCN(C(=O)CN2Cc3ccccc3OC(c3ccccc3F)C2)CC1. The number of halogens is 1. The Kier molecular flexibility index (Phi) is 6.88. The van der Waals surface area contributed by atoms with Gasteiger partial charge in [-0.25, -0.2) is 4.39 Å². The minimum Gasteiger partial charge on any atom is -0.484 e. The van der Waals surface area contributed by atoms with Crippen LogP contribution in [-0.4, -0.2) is 53.1 Å². The van der Waals surface area contributed by atoms with Crippen molar-refractivity contribution in [2.24, 2.45) is 5.92 Å². The predicted octanol–water partition coefficient (Wildman–Crippen LogP) is 3.77. The summed E-state index contributed by atoms with van der Waals surface area (Å²) in [6, 6.07) is 14.4. The molecule has 5 nitrogen and oxygen atoms in total. The van der Waals surface area contributed by atoms with E-state index in [0.717, 1.165) is 30.6 Å². The zero-order valence-electron chi connectivity index (χ0n) is 18.0. The lowest BCUT2D eigenvalue weighted by molar-refractivity contribution is -0.134. The maximum absolute atomic E-state index is 14.5. The number of hydrogen-bond donors (Lipinski definition) is 1. The number of amides is 1. The third-order valence-electron chi connectivity index (χ3n) is 6.53. The minimum atomic E-state index is -0.483. The van der Waals surface area contributed by atoms with Gasteiger partial charge in [0, 0.05) is 37.3 Å². The monoisotopic (exact) mass is 426 g/mol. The molecule has 1 amide bonds. The van der Waals surface area contributed by atoms with Crippen molar-refractivity contribution in [2.75, 3.05) is 26.2 Å². The van der Waals surface area contributed by atoms with Gasteiger partial charge in [-0.05, 0) is 37.3 Å². The van der Waals surface area contributed by atoms with E-state index < -0.39 is 6.10 Å². The fraction of sp³-hybridized carbons (Fsp3) is 0.480. The molecule has 6 heteroatoms. The molecule has 4 rings (SSSR count). The molecule has 2 unspecified atom stereocenters. The number of aliphatic hydroxyl groups excluding tert-OH is 1. The van der Waals surface area contributed by atoms with Crippen LogP contribution in [0.1, 0.15) is 43.4 Å². The molecule has 1 saturated heterocycles. The van der Waals surface area contributed by atoms with Crippen LogP contribution < -0.4 is 4.74 Å². The van der Waals surface area contributed by atoms with Crippen LogP contribution in [0.4, 0.5) is 4.39 Å². The van der Waals surface area contributed by atoms with E-state index in [1.54, 1.807) is 12.1 Å². The van der Waals surface area contributed by atoms with E-state index in [1.165, 1.54) is 6.07 Å². The first-order valence-electron chi connectivity index (χ1n) is 11.2. The van der Waals surface area contributed by atoms with Gasteiger partial charge in [0.2, 0.25) is 5.91 Å². The Bertz CT molecular complexity index is 898. The van der Waals surface area contributed by atoms with Gasteiger partial charge in [-0.1, -0.05) is 43.3 Å². The molecule has 2 aromatic carbocycles. The molecule has 0 saturated carbocycles. The first-order chi connectivity index (χ1) is 15.0. The first-order valence-corrected chi connectivity index (χ1v) is 11.2. The van der Waals surface area contributed by atoms with E-state index in [1.807, 2.05) is 42.2 Å². The molecule has 31 heavy (non-hydrogen) atoms. The molecule has 1 fully saturated rings. The zero-order valence-corrected chi connectivity index (χ0v) is 18.0.